The van der Waals surface area contributed by atoms with Crippen LogP contribution in [0.2, 0.25) is 0 Å². The number of carboxylic acid groups (broad SMARTS) is 1. The number of carboxylic acids is 1. The van der Waals surface area contributed by atoms with Crippen LogP contribution < -0.4 is 5.32 Å². The number of aromatic carboxylic acids is 1. The molecule has 1 fully saturated rings. The summed E-state index contributed by atoms with van der Waals surface area (Å²) in [7, 11) is 0. The Labute approximate surface area is 123 Å². The van der Waals surface area contributed by atoms with Crippen LogP contribution in [0.25, 0.3) is 0 Å². The van der Waals surface area contributed by atoms with Crippen LogP contribution >= 0.6 is 0 Å². The van der Waals surface area contributed by atoms with Crippen molar-refractivity contribution in [3.63, 3.8) is 0 Å². The summed E-state index contributed by atoms with van der Waals surface area (Å²) >= 11 is 0. The van der Waals surface area contributed by atoms with Gasteiger partial charge in [-0.1, -0.05) is 13.8 Å². The molecule has 0 unspecified atom stereocenters. The van der Waals surface area contributed by atoms with Crippen LogP contribution in [0.3, 0.4) is 0 Å². The fourth-order valence-corrected chi connectivity index (χ4v) is 2.59. The van der Waals surface area contributed by atoms with Gasteiger partial charge in [-0.25, -0.2) is 4.79 Å². The first-order valence-electron chi connectivity index (χ1n) is 7.03. The maximum atomic E-state index is 11.1. The molecule has 1 aliphatic rings. The molecule has 6 heteroatoms. The topological polar surface area (TPSA) is 92.5 Å². The lowest BCUT2D eigenvalue weighted by molar-refractivity contribution is -0.385. The van der Waals surface area contributed by atoms with Crippen molar-refractivity contribution < 1.29 is 14.8 Å². The summed E-state index contributed by atoms with van der Waals surface area (Å²) in [5, 5.41) is 23.4. The molecule has 1 aromatic carbocycles. The van der Waals surface area contributed by atoms with Gasteiger partial charge in [0.1, 0.15) is 0 Å². The fourth-order valence-electron chi connectivity index (χ4n) is 2.59. The third-order valence-electron chi connectivity index (χ3n) is 4.57. The highest BCUT2D eigenvalue weighted by molar-refractivity contribution is 5.90. The molecular formula is C15H20N2O4. The molecule has 0 atom stereocenters. The minimum atomic E-state index is -1.16. The largest absolute Gasteiger partial charge is 0.478 e. The van der Waals surface area contributed by atoms with E-state index in [1.807, 2.05) is 0 Å². The summed E-state index contributed by atoms with van der Waals surface area (Å²) in [5.74, 6) is -0.630. The highest BCUT2D eigenvalue weighted by Gasteiger charge is 2.45. The Morgan fingerprint density at radius 2 is 2.10 bits per heavy atom. The number of nitro groups is 1. The van der Waals surface area contributed by atoms with Gasteiger partial charge in [0.05, 0.1) is 10.5 Å². The van der Waals surface area contributed by atoms with E-state index in [-0.39, 0.29) is 16.7 Å². The Morgan fingerprint density at radius 1 is 1.48 bits per heavy atom. The van der Waals surface area contributed by atoms with Gasteiger partial charge in [-0.05, 0) is 37.2 Å². The molecule has 0 spiro atoms. The second-order valence-electron chi connectivity index (χ2n) is 6.10. The SMILES string of the molecule is Cc1c(NCC2(C(C)C)CC2)cc(C(=O)O)cc1[N+](=O)[O-]. The molecule has 0 heterocycles. The van der Waals surface area contributed by atoms with E-state index >= 15 is 0 Å². The standard InChI is InChI=1S/C15H20N2O4/c1-9(2)15(4-5-15)8-16-12-6-11(14(18)19)7-13(10(12)3)17(20)21/h6-7,9,16H,4-5,8H2,1-3H3,(H,18,19). The molecule has 1 saturated carbocycles. The molecule has 1 aliphatic carbocycles. The van der Waals surface area contributed by atoms with Gasteiger partial charge >= 0.3 is 5.97 Å². The van der Waals surface area contributed by atoms with Gasteiger partial charge in [-0.3, -0.25) is 10.1 Å². The number of benzene rings is 1. The van der Waals surface area contributed by atoms with E-state index in [1.165, 1.54) is 6.07 Å². The Hall–Kier alpha value is -2.11. The van der Waals surface area contributed by atoms with Gasteiger partial charge in [0.15, 0.2) is 0 Å². The summed E-state index contributed by atoms with van der Waals surface area (Å²) in [6.07, 6.45) is 2.27. The van der Waals surface area contributed by atoms with Crippen LogP contribution in [0.4, 0.5) is 11.4 Å². The zero-order chi connectivity index (χ0) is 15.8. The van der Waals surface area contributed by atoms with Gasteiger partial charge in [-0.2, -0.15) is 0 Å². The van der Waals surface area contributed by atoms with E-state index in [4.69, 9.17) is 5.11 Å². The van der Waals surface area contributed by atoms with Crippen molar-refractivity contribution in [3.8, 4) is 0 Å². The molecule has 1 aromatic rings. The molecule has 0 amide bonds. The molecular weight excluding hydrogens is 272 g/mol. The summed E-state index contributed by atoms with van der Waals surface area (Å²) in [6, 6.07) is 2.58. The number of rotatable bonds is 6. The van der Waals surface area contributed by atoms with Crippen LogP contribution in [0.15, 0.2) is 12.1 Å². The van der Waals surface area contributed by atoms with E-state index in [1.54, 1.807) is 6.92 Å². The number of hydrogen-bond donors (Lipinski definition) is 2. The lowest BCUT2D eigenvalue weighted by Crippen LogP contribution is -2.21. The number of nitrogens with one attached hydrogen (secondary N) is 1. The van der Waals surface area contributed by atoms with Gasteiger partial charge in [0, 0.05) is 23.9 Å². The van der Waals surface area contributed by atoms with Gasteiger partial charge in [0.2, 0.25) is 0 Å². The van der Waals surface area contributed by atoms with E-state index in [2.05, 4.69) is 19.2 Å². The second-order valence-corrected chi connectivity index (χ2v) is 6.10. The number of hydrogen-bond acceptors (Lipinski definition) is 4. The first-order chi connectivity index (χ1) is 9.77. The van der Waals surface area contributed by atoms with E-state index in [0.29, 0.717) is 23.7 Å². The molecule has 114 valence electrons. The summed E-state index contributed by atoms with van der Waals surface area (Å²) in [6.45, 7) is 6.68. The number of anilines is 1. The van der Waals surface area contributed by atoms with Crippen molar-refractivity contribution in [2.75, 3.05) is 11.9 Å². The average molecular weight is 292 g/mol. The summed E-state index contributed by atoms with van der Waals surface area (Å²) < 4.78 is 0. The number of nitrogens with zero attached hydrogens (tertiary/aromatic N) is 1. The molecule has 2 rings (SSSR count). The van der Waals surface area contributed by atoms with Crippen molar-refractivity contribution in [1.29, 1.82) is 0 Å². The lowest BCUT2D eigenvalue weighted by Gasteiger charge is -2.21. The number of nitro benzene ring substituents is 1. The maximum absolute atomic E-state index is 11.1. The molecule has 6 nitrogen and oxygen atoms in total. The quantitative estimate of drug-likeness (QED) is 0.618. The van der Waals surface area contributed by atoms with Gasteiger partial charge in [-0.15, -0.1) is 0 Å². The molecule has 0 aliphatic heterocycles. The fraction of sp³-hybridized carbons (Fsp3) is 0.533. The molecule has 0 radical (unpaired) electrons. The smallest absolute Gasteiger partial charge is 0.336 e. The molecule has 0 aromatic heterocycles. The van der Waals surface area contributed by atoms with Gasteiger partial charge < -0.3 is 10.4 Å². The van der Waals surface area contributed by atoms with Crippen LogP contribution in [-0.4, -0.2) is 22.5 Å². The predicted octanol–water partition coefficient (Wildman–Crippen LogP) is 3.45. The van der Waals surface area contributed by atoms with Crippen molar-refractivity contribution in [2.45, 2.75) is 33.6 Å². The molecule has 21 heavy (non-hydrogen) atoms. The Morgan fingerprint density at radius 3 is 2.52 bits per heavy atom. The molecule has 0 bridgehead atoms. The average Bonchev–Trinajstić information content (AvgIpc) is 3.18. The summed E-state index contributed by atoms with van der Waals surface area (Å²) in [5.41, 5.74) is 1.02. The third-order valence-corrected chi connectivity index (χ3v) is 4.57. The molecule has 0 saturated heterocycles. The minimum absolute atomic E-state index is 0.0656. The normalized spacial score (nSPS) is 15.8. The van der Waals surface area contributed by atoms with Crippen molar-refractivity contribution in [2.24, 2.45) is 11.3 Å². The van der Waals surface area contributed by atoms with E-state index in [9.17, 15) is 14.9 Å². The van der Waals surface area contributed by atoms with Crippen molar-refractivity contribution in [3.05, 3.63) is 33.4 Å². The van der Waals surface area contributed by atoms with Crippen LogP contribution in [0.1, 0.15) is 42.6 Å². The first-order valence-corrected chi connectivity index (χ1v) is 7.03. The molecule has 2 N–H and O–H groups in total. The lowest BCUT2D eigenvalue weighted by atomic mass is 9.92. The Kier molecular flexibility index (Phi) is 3.89. The monoisotopic (exact) mass is 292 g/mol. The van der Waals surface area contributed by atoms with E-state index < -0.39 is 10.9 Å². The Balaban J connectivity index is 2.30. The second kappa shape index (κ2) is 5.35. The maximum Gasteiger partial charge on any atom is 0.336 e. The Bertz CT molecular complexity index is 592. The zero-order valence-corrected chi connectivity index (χ0v) is 12.5. The zero-order valence-electron chi connectivity index (χ0n) is 12.5. The van der Waals surface area contributed by atoms with Crippen LogP contribution in [0, 0.1) is 28.4 Å². The number of carbonyl (C=O) groups is 1. The first kappa shape index (κ1) is 15.3. The highest BCUT2D eigenvalue weighted by atomic mass is 16.6. The predicted molar refractivity (Wildman–Crippen MR) is 79.8 cm³/mol. The van der Waals surface area contributed by atoms with Crippen LogP contribution in [0.5, 0.6) is 0 Å². The van der Waals surface area contributed by atoms with Crippen molar-refractivity contribution in [1.82, 2.24) is 0 Å². The van der Waals surface area contributed by atoms with E-state index in [0.717, 1.165) is 18.9 Å². The highest BCUT2D eigenvalue weighted by Crippen LogP contribution is 2.51. The third kappa shape index (κ3) is 2.99. The van der Waals surface area contributed by atoms with Crippen LogP contribution in [-0.2, 0) is 0 Å². The van der Waals surface area contributed by atoms with Gasteiger partial charge in [0.25, 0.3) is 5.69 Å². The minimum Gasteiger partial charge on any atom is -0.478 e. The summed E-state index contributed by atoms with van der Waals surface area (Å²) in [4.78, 5) is 21.6. The van der Waals surface area contributed by atoms with Crippen molar-refractivity contribution >= 4 is 17.3 Å².